The fourth-order valence-electron chi connectivity index (χ4n) is 1.22. The van der Waals surface area contributed by atoms with E-state index in [0.717, 1.165) is 0 Å². The largest absolute Gasteiger partial charge is 0.493 e. The van der Waals surface area contributed by atoms with Gasteiger partial charge in [0, 0.05) is 13.1 Å². The molecule has 1 amide bonds. The molecule has 1 N–H and O–H groups in total. The molecule has 1 atom stereocenters. The quantitative estimate of drug-likeness (QED) is 0.837. The van der Waals surface area contributed by atoms with Gasteiger partial charge in [-0.1, -0.05) is 13.8 Å². The molecular weight excluding hydrogens is 206 g/mol. The minimum Gasteiger partial charge on any atom is -0.493 e. The van der Waals surface area contributed by atoms with Crippen molar-refractivity contribution in [1.29, 1.82) is 0 Å². The van der Waals surface area contributed by atoms with Gasteiger partial charge < -0.3 is 10.1 Å². The van der Waals surface area contributed by atoms with Crippen LogP contribution in [0.4, 0.5) is 0 Å². The summed E-state index contributed by atoms with van der Waals surface area (Å²) in [4.78, 5) is 11.9. The van der Waals surface area contributed by atoms with Crippen LogP contribution in [0, 0.1) is 5.92 Å². The molecule has 0 aromatic carbocycles. The van der Waals surface area contributed by atoms with E-state index >= 15 is 0 Å². The maximum atomic E-state index is 11.9. The van der Waals surface area contributed by atoms with Crippen LogP contribution in [0.5, 0.6) is 5.75 Å². The van der Waals surface area contributed by atoms with Gasteiger partial charge in [0.1, 0.15) is 0 Å². The Bertz CT molecular complexity index is 371. The molecule has 0 spiro atoms. The molecule has 5 heteroatoms. The van der Waals surface area contributed by atoms with E-state index in [2.05, 4.69) is 24.3 Å². The molecule has 0 aliphatic heterocycles. The van der Waals surface area contributed by atoms with Crippen molar-refractivity contribution in [3.8, 4) is 5.75 Å². The lowest BCUT2D eigenvalue weighted by atomic mass is 10.1. The van der Waals surface area contributed by atoms with Gasteiger partial charge in [0.2, 0.25) is 0 Å². The zero-order chi connectivity index (χ0) is 12.3. The summed E-state index contributed by atoms with van der Waals surface area (Å²) in [5.41, 5.74) is 0.331. The van der Waals surface area contributed by atoms with Crippen molar-refractivity contribution in [2.75, 3.05) is 7.11 Å². The van der Waals surface area contributed by atoms with Crippen LogP contribution in [0.15, 0.2) is 6.20 Å². The van der Waals surface area contributed by atoms with Crippen molar-refractivity contribution in [2.24, 2.45) is 13.0 Å². The molecule has 1 heterocycles. The predicted octanol–water partition coefficient (Wildman–Crippen LogP) is 1.20. The number of hydrogen-bond donors (Lipinski definition) is 1. The fourth-order valence-corrected chi connectivity index (χ4v) is 1.22. The van der Waals surface area contributed by atoms with Gasteiger partial charge in [-0.2, -0.15) is 5.10 Å². The first-order valence-electron chi connectivity index (χ1n) is 5.34. The van der Waals surface area contributed by atoms with Crippen molar-refractivity contribution in [2.45, 2.75) is 26.8 Å². The number of aromatic nitrogens is 2. The van der Waals surface area contributed by atoms with E-state index in [1.54, 1.807) is 17.9 Å². The van der Waals surface area contributed by atoms with E-state index in [0.29, 0.717) is 17.4 Å². The Hall–Kier alpha value is -1.52. The van der Waals surface area contributed by atoms with Crippen molar-refractivity contribution in [1.82, 2.24) is 15.1 Å². The summed E-state index contributed by atoms with van der Waals surface area (Å²) in [6.45, 7) is 6.08. The van der Waals surface area contributed by atoms with E-state index in [9.17, 15) is 4.79 Å². The minimum absolute atomic E-state index is 0.110. The van der Waals surface area contributed by atoms with Crippen molar-refractivity contribution < 1.29 is 9.53 Å². The van der Waals surface area contributed by atoms with Crippen molar-refractivity contribution in [3.63, 3.8) is 0 Å². The number of aryl methyl sites for hydroxylation is 1. The molecule has 1 rings (SSSR count). The van der Waals surface area contributed by atoms with Crippen LogP contribution in [-0.2, 0) is 7.05 Å². The molecule has 90 valence electrons. The summed E-state index contributed by atoms with van der Waals surface area (Å²) in [6, 6.07) is 0.110. The number of carbonyl (C=O) groups excluding carboxylic acids is 1. The topological polar surface area (TPSA) is 56.2 Å². The first-order valence-corrected chi connectivity index (χ1v) is 5.34. The Morgan fingerprint density at radius 1 is 1.50 bits per heavy atom. The van der Waals surface area contributed by atoms with Crippen LogP contribution in [-0.4, -0.2) is 28.8 Å². The lowest BCUT2D eigenvalue weighted by Crippen LogP contribution is -2.36. The summed E-state index contributed by atoms with van der Waals surface area (Å²) in [7, 11) is 3.28. The van der Waals surface area contributed by atoms with Crippen LogP contribution < -0.4 is 10.1 Å². The monoisotopic (exact) mass is 225 g/mol. The second-order valence-electron chi connectivity index (χ2n) is 4.23. The number of hydrogen-bond acceptors (Lipinski definition) is 3. The number of ether oxygens (including phenoxy) is 1. The normalized spacial score (nSPS) is 12.6. The Morgan fingerprint density at radius 2 is 2.12 bits per heavy atom. The van der Waals surface area contributed by atoms with E-state index < -0.39 is 0 Å². The van der Waals surface area contributed by atoms with Gasteiger partial charge >= 0.3 is 0 Å². The summed E-state index contributed by atoms with van der Waals surface area (Å²) in [5.74, 6) is 0.688. The van der Waals surface area contributed by atoms with Gasteiger partial charge in [-0.15, -0.1) is 0 Å². The SMILES string of the molecule is COc1cn(C)nc1C(=O)N[C@H](C)C(C)C. The van der Waals surface area contributed by atoms with Crippen LogP contribution >= 0.6 is 0 Å². The maximum Gasteiger partial charge on any atom is 0.275 e. The van der Waals surface area contributed by atoms with E-state index in [-0.39, 0.29) is 11.9 Å². The molecule has 5 nitrogen and oxygen atoms in total. The van der Waals surface area contributed by atoms with Crippen molar-refractivity contribution in [3.05, 3.63) is 11.9 Å². The van der Waals surface area contributed by atoms with Gasteiger partial charge in [-0.3, -0.25) is 9.48 Å². The lowest BCUT2D eigenvalue weighted by Gasteiger charge is -2.16. The molecular formula is C11H19N3O2. The highest BCUT2D eigenvalue weighted by atomic mass is 16.5. The summed E-state index contributed by atoms with van der Waals surface area (Å²) in [5, 5.41) is 6.96. The van der Waals surface area contributed by atoms with E-state index in [1.807, 2.05) is 6.92 Å². The third-order valence-electron chi connectivity index (χ3n) is 2.59. The van der Waals surface area contributed by atoms with E-state index in [1.165, 1.54) is 7.11 Å². The molecule has 0 unspecified atom stereocenters. The highest BCUT2D eigenvalue weighted by Crippen LogP contribution is 2.15. The van der Waals surface area contributed by atoms with Crippen LogP contribution in [0.25, 0.3) is 0 Å². The van der Waals surface area contributed by atoms with Gasteiger partial charge in [-0.05, 0) is 12.8 Å². The zero-order valence-electron chi connectivity index (χ0n) is 10.4. The van der Waals surface area contributed by atoms with Crippen molar-refractivity contribution >= 4 is 5.91 Å². The third-order valence-corrected chi connectivity index (χ3v) is 2.59. The minimum atomic E-state index is -0.196. The Balaban J connectivity index is 2.80. The molecule has 0 radical (unpaired) electrons. The highest BCUT2D eigenvalue weighted by Gasteiger charge is 2.19. The average Bonchev–Trinajstić information content (AvgIpc) is 2.59. The van der Waals surface area contributed by atoms with Gasteiger partial charge in [-0.25, -0.2) is 0 Å². The van der Waals surface area contributed by atoms with E-state index in [4.69, 9.17) is 4.74 Å². The predicted molar refractivity (Wildman–Crippen MR) is 61.5 cm³/mol. The molecule has 0 aliphatic carbocycles. The third kappa shape index (κ3) is 2.74. The van der Waals surface area contributed by atoms with Gasteiger partial charge in [0.15, 0.2) is 11.4 Å². The number of rotatable bonds is 4. The molecule has 0 fully saturated rings. The molecule has 0 saturated heterocycles. The smallest absolute Gasteiger partial charge is 0.275 e. The Morgan fingerprint density at radius 3 is 2.62 bits per heavy atom. The number of methoxy groups -OCH3 is 1. The van der Waals surface area contributed by atoms with Crippen LogP contribution in [0.3, 0.4) is 0 Å². The number of nitrogens with one attached hydrogen (secondary N) is 1. The second kappa shape index (κ2) is 5.01. The number of carbonyl (C=O) groups is 1. The zero-order valence-corrected chi connectivity index (χ0v) is 10.4. The molecule has 0 bridgehead atoms. The standard InChI is InChI=1S/C11H19N3O2/c1-7(2)8(3)12-11(15)10-9(16-5)6-14(4)13-10/h6-8H,1-5H3,(H,12,15)/t8-/m1/s1. The fraction of sp³-hybridized carbons (Fsp3) is 0.636. The summed E-state index contributed by atoms with van der Waals surface area (Å²) >= 11 is 0. The highest BCUT2D eigenvalue weighted by molar-refractivity contribution is 5.95. The Kier molecular flexibility index (Phi) is 3.93. The Labute approximate surface area is 95.8 Å². The first kappa shape index (κ1) is 12.5. The second-order valence-corrected chi connectivity index (χ2v) is 4.23. The summed E-state index contributed by atoms with van der Waals surface area (Å²) < 4.78 is 6.65. The molecule has 0 saturated carbocycles. The lowest BCUT2D eigenvalue weighted by molar-refractivity contribution is 0.0921. The first-order chi connectivity index (χ1) is 7.45. The average molecular weight is 225 g/mol. The molecule has 16 heavy (non-hydrogen) atoms. The van der Waals surface area contributed by atoms with Crippen LogP contribution in [0.1, 0.15) is 31.3 Å². The summed E-state index contributed by atoms with van der Waals surface area (Å²) in [6.07, 6.45) is 1.68. The molecule has 1 aromatic heterocycles. The van der Waals surface area contributed by atoms with Gasteiger partial charge in [0.25, 0.3) is 5.91 Å². The maximum absolute atomic E-state index is 11.9. The number of nitrogens with zero attached hydrogens (tertiary/aromatic N) is 2. The van der Waals surface area contributed by atoms with Crippen LogP contribution in [0.2, 0.25) is 0 Å². The number of amides is 1. The molecule has 1 aromatic rings. The molecule has 0 aliphatic rings. The van der Waals surface area contributed by atoms with Gasteiger partial charge in [0.05, 0.1) is 13.3 Å².